The molecule has 14 heavy (non-hydrogen) atoms. The number of furan rings is 1. The highest BCUT2D eigenvalue weighted by molar-refractivity contribution is 7.90. The summed E-state index contributed by atoms with van der Waals surface area (Å²) in [5.41, 5.74) is 0. The molecule has 80 valence electrons. The van der Waals surface area contributed by atoms with Gasteiger partial charge in [-0.3, -0.25) is 0 Å². The summed E-state index contributed by atoms with van der Waals surface area (Å²) in [6, 6.07) is 3.60. The van der Waals surface area contributed by atoms with Crippen LogP contribution in [0.2, 0.25) is 0 Å². The Labute approximate surface area is 84.2 Å². The van der Waals surface area contributed by atoms with Crippen LogP contribution >= 0.6 is 0 Å². The first-order valence-corrected chi connectivity index (χ1v) is 6.47. The topological polar surface area (TPSA) is 59.3 Å². The second-order valence-corrected chi connectivity index (χ2v) is 5.53. The number of nitrogens with one attached hydrogen (secondary N) is 1. The molecular formula is C9H15NO3S. The van der Waals surface area contributed by atoms with Crippen LogP contribution in [0, 0.1) is 0 Å². The minimum atomic E-state index is -2.90. The molecule has 0 spiro atoms. The van der Waals surface area contributed by atoms with Crippen LogP contribution in [-0.2, 0) is 9.84 Å². The molecule has 1 N–H and O–H groups in total. The van der Waals surface area contributed by atoms with E-state index in [1.807, 2.05) is 6.07 Å². The predicted molar refractivity (Wildman–Crippen MR) is 54.8 cm³/mol. The molecule has 0 aromatic carbocycles. The molecule has 0 saturated carbocycles. The second-order valence-electron chi connectivity index (χ2n) is 3.28. The van der Waals surface area contributed by atoms with Gasteiger partial charge < -0.3 is 9.73 Å². The minimum absolute atomic E-state index is 0.0280. The SMILES string of the molecule is CNC(CCS(C)(=O)=O)c1ccco1. The van der Waals surface area contributed by atoms with E-state index in [9.17, 15) is 8.42 Å². The van der Waals surface area contributed by atoms with Crippen molar-refractivity contribution in [2.75, 3.05) is 19.1 Å². The Morgan fingerprint density at radius 2 is 2.29 bits per heavy atom. The summed E-state index contributed by atoms with van der Waals surface area (Å²) in [6.07, 6.45) is 3.35. The molecule has 5 heteroatoms. The maximum atomic E-state index is 11.0. The normalized spacial score (nSPS) is 14.1. The molecule has 1 aromatic rings. The first kappa shape index (κ1) is 11.3. The van der Waals surface area contributed by atoms with E-state index < -0.39 is 9.84 Å². The fourth-order valence-corrected chi connectivity index (χ4v) is 1.91. The fourth-order valence-electron chi connectivity index (χ4n) is 1.25. The van der Waals surface area contributed by atoms with Gasteiger partial charge in [-0.05, 0) is 25.6 Å². The van der Waals surface area contributed by atoms with Gasteiger partial charge in [-0.25, -0.2) is 8.42 Å². The molecule has 0 bridgehead atoms. The van der Waals surface area contributed by atoms with Crippen LogP contribution in [0.15, 0.2) is 22.8 Å². The third-order valence-electron chi connectivity index (χ3n) is 2.01. The summed E-state index contributed by atoms with van der Waals surface area (Å²) >= 11 is 0. The molecular weight excluding hydrogens is 202 g/mol. The van der Waals surface area contributed by atoms with Crippen molar-refractivity contribution in [1.82, 2.24) is 5.32 Å². The Morgan fingerprint density at radius 3 is 2.71 bits per heavy atom. The van der Waals surface area contributed by atoms with Gasteiger partial charge in [0.15, 0.2) is 0 Å². The highest BCUT2D eigenvalue weighted by Gasteiger charge is 2.14. The lowest BCUT2D eigenvalue weighted by atomic mass is 10.2. The zero-order valence-corrected chi connectivity index (χ0v) is 9.17. The Morgan fingerprint density at radius 1 is 1.57 bits per heavy atom. The fraction of sp³-hybridized carbons (Fsp3) is 0.556. The molecule has 0 aliphatic heterocycles. The molecule has 1 aromatic heterocycles. The van der Waals surface area contributed by atoms with Gasteiger partial charge in [-0.2, -0.15) is 0 Å². The maximum absolute atomic E-state index is 11.0. The highest BCUT2D eigenvalue weighted by atomic mass is 32.2. The van der Waals surface area contributed by atoms with Gasteiger partial charge in [0.05, 0.1) is 18.1 Å². The van der Waals surface area contributed by atoms with Gasteiger partial charge in [0.1, 0.15) is 15.6 Å². The van der Waals surface area contributed by atoms with Crippen LogP contribution in [-0.4, -0.2) is 27.5 Å². The van der Waals surface area contributed by atoms with Crippen molar-refractivity contribution in [3.05, 3.63) is 24.2 Å². The summed E-state index contributed by atoms with van der Waals surface area (Å²) in [6.45, 7) is 0. The Bertz CT molecular complexity index is 355. The van der Waals surface area contributed by atoms with Gasteiger partial charge in [0.25, 0.3) is 0 Å². The first-order valence-electron chi connectivity index (χ1n) is 4.41. The van der Waals surface area contributed by atoms with E-state index in [2.05, 4.69) is 5.32 Å². The molecule has 0 amide bonds. The number of hydrogen-bond acceptors (Lipinski definition) is 4. The molecule has 1 atom stereocenters. The maximum Gasteiger partial charge on any atom is 0.147 e. The molecule has 0 aliphatic carbocycles. The molecule has 0 fully saturated rings. The number of hydrogen-bond donors (Lipinski definition) is 1. The lowest BCUT2D eigenvalue weighted by Gasteiger charge is -2.12. The zero-order chi connectivity index (χ0) is 10.6. The second kappa shape index (κ2) is 4.61. The van der Waals surface area contributed by atoms with Crippen LogP contribution in [0.25, 0.3) is 0 Å². The van der Waals surface area contributed by atoms with E-state index in [1.54, 1.807) is 19.4 Å². The average Bonchev–Trinajstić information content (AvgIpc) is 2.56. The van der Waals surface area contributed by atoms with Crippen LogP contribution in [0.5, 0.6) is 0 Å². The molecule has 1 rings (SSSR count). The van der Waals surface area contributed by atoms with Crippen LogP contribution in [0.1, 0.15) is 18.2 Å². The molecule has 0 radical (unpaired) electrons. The summed E-state index contributed by atoms with van der Waals surface area (Å²) < 4.78 is 27.1. The zero-order valence-electron chi connectivity index (χ0n) is 8.36. The average molecular weight is 217 g/mol. The molecule has 0 aliphatic rings. The Balaban J connectivity index is 2.57. The largest absolute Gasteiger partial charge is 0.468 e. The number of rotatable bonds is 5. The van der Waals surface area contributed by atoms with E-state index in [4.69, 9.17) is 4.42 Å². The van der Waals surface area contributed by atoms with Crippen molar-refractivity contribution < 1.29 is 12.8 Å². The molecule has 0 saturated heterocycles. The van der Waals surface area contributed by atoms with E-state index in [0.717, 1.165) is 5.76 Å². The minimum Gasteiger partial charge on any atom is -0.468 e. The first-order chi connectivity index (χ1) is 6.53. The summed E-state index contributed by atoms with van der Waals surface area (Å²) in [5, 5.41) is 3.02. The third-order valence-corrected chi connectivity index (χ3v) is 2.99. The number of sulfone groups is 1. The van der Waals surface area contributed by atoms with E-state index in [0.29, 0.717) is 6.42 Å². The van der Waals surface area contributed by atoms with Crippen LogP contribution < -0.4 is 5.32 Å². The summed E-state index contributed by atoms with van der Waals surface area (Å²) in [4.78, 5) is 0. The van der Waals surface area contributed by atoms with Gasteiger partial charge in [-0.15, -0.1) is 0 Å². The van der Waals surface area contributed by atoms with Crippen molar-refractivity contribution in [2.45, 2.75) is 12.5 Å². The molecule has 1 heterocycles. The smallest absolute Gasteiger partial charge is 0.147 e. The van der Waals surface area contributed by atoms with Gasteiger partial charge >= 0.3 is 0 Å². The Hall–Kier alpha value is -0.810. The van der Waals surface area contributed by atoms with Crippen molar-refractivity contribution in [2.24, 2.45) is 0 Å². The lowest BCUT2D eigenvalue weighted by Crippen LogP contribution is -2.19. The van der Waals surface area contributed by atoms with E-state index in [1.165, 1.54) is 6.26 Å². The van der Waals surface area contributed by atoms with Crippen molar-refractivity contribution in [1.29, 1.82) is 0 Å². The lowest BCUT2D eigenvalue weighted by molar-refractivity contribution is 0.424. The van der Waals surface area contributed by atoms with Gasteiger partial charge in [0, 0.05) is 6.26 Å². The molecule has 4 nitrogen and oxygen atoms in total. The highest BCUT2D eigenvalue weighted by Crippen LogP contribution is 2.17. The monoisotopic (exact) mass is 217 g/mol. The predicted octanol–water partition coefficient (Wildman–Crippen LogP) is 0.975. The van der Waals surface area contributed by atoms with E-state index in [-0.39, 0.29) is 11.8 Å². The summed E-state index contributed by atoms with van der Waals surface area (Å²) in [7, 11) is -1.11. The van der Waals surface area contributed by atoms with Crippen molar-refractivity contribution in [3.63, 3.8) is 0 Å². The van der Waals surface area contributed by atoms with Gasteiger partial charge in [0.2, 0.25) is 0 Å². The van der Waals surface area contributed by atoms with Crippen LogP contribution in [0.4, 0.5) is 0 Å². The third kappa shape index (κ3) is 3.51. The standard InChI is InChI=1S/C9H15NO3S/c1-10-8(5-7-14(2,11)12)9-4-3-6-13-9/h3-4,6,8,10H,5,7H2,1-2H3. The van der Waals surface area contributed by atoms with Crippen LogP contribution in [0.3, 0.4) is 0 Å². The Kier molecular flexibility index (Phi) is 3.71. The van der Waals surface area contributed by atoms with Crippen molar-refractivity contribution in [3.8, 4) is 0 Å². The quantitative estimate of drug-likeness (QED) is 0.798. The van der Waals surface area contributed by atoms with Crippen molar-refractivity contribution >= 4 is 9.84 Å². The molecule has 1 unspecified atom stereocenters. The van der Waals surface area contributed by atoms with Gasteiger partial charge in [-0.1, -0.05) is 0 Å². The summed E-state index contributed by atoms with van der Waals surface area (Å²) in [5.74, 6) is 0.940. The van der Waals surface area contributed by atoms with E-state index >= 15 is 0 Å².